The number of rotatable bonds is 2. The summed E-state index contributed by atoms with van der Waals surface area (Å²) in [5, 5.41) is 8.94. The van der Waals surface area contributed by atoms with Crippen molar-refractivity contribution in [3.63, 3.8) is 0 Å². The number of aldehydes is 1. The van der Waals surface area contributed by atoms with E-state index in [4.69, 9.17) is 5.11 Å². The van der Waals surface area contributed by atoms with Gasteiger partial charge in [0.2, 0.25) is 0 Å². The second-order valence-electron chi connectivity index (χ2n) is 2.26. The number of halogens is 2. The number of phenolic OH excluding ortho intramolecular Hbond substituents is 1. The molecule has 0 aliphatic heterocycles. The van der Waals surface area contributed by atoms with Crippen molar-refractivity contribution in [3.05, 3.63) is 29.8 Å². The van der Waals surface area contributed by atoms with E-state index in [1.165, 1.54) is 12.1 Å². The third-order valence-electron chi connectivity index (χ3n) is 1.41. The van der Waals surface area contributed by atoms with Gasteiger partial charge in [-0.25, -0.2) is 0 Å². The molecule has 4 heteroatoms. The molecule has 0 aliphatic rings. The number of para-hydroxylation sites is 1. The third kappa shape index (κ3) is 1.42. The van der Waals surface area contributed by atoms with Crippen molar-refractivity contribution in [2.75, 3.05) is 0 Å². The van der Waals surface area contributed by atoms with Crippen molar-refractivity contribution in [2.45, 2.75) is 5.92 Å². The summed E-state index contributed by atoms with van der Waals surface area (Å²) in [5.41, 5.74) is -0.667. The summed E-state index contributed by atoms with van der Waals surface area (Å²) in [6, 6.07) is 4.84. The topological polar surface area (TPSA) is 37.3 Å². The van der Waals surface area contributed by atoms with Crippen LogP contribution in [0.4, 0.5) is 8.78 Å². The minimum atomic E-state index is -3.61. The van der Waals surface area contributed by atoms with Crippen LogP contribution < -0.4 is 0 Å². The van der Waals surface area contributed by atoms with E-state index in [-0.39, 0.29) is 0 Å². The van der Waals surface area contributed by atoms with Crippen LogP contribution in [0.5, 0.6) is 5.75 Å². The smallest absolute Gasteiger partial charge is 0.331 e. The summed E-state index contributed by atoms with van der Waals surface area (Å²) >= 11 is 0. The lowest BCUT2D eigenvalue weighted by molar-refractivity contribution is -0.130. The maximum atomic E-state index is 12.6. The number of aromatic hydroxyl groups is 1. The Bertz CT molecular complexity index is 297. The number of alkyl halides is 2. The molecule has 12 heavy (non-hydrogen) atoms. The molecule has 0 saturated carbocycles. The van der Waals surface area contributed by atoms with Crippen LogP contribution in [0, 0.1) is 0 Å². The molecule has 1 N–H and O–H groups in total. The van der Waals surface area contributed by atoms with Crippen molar-refractivity contribution >= 4 is 6.29 Å². The number of hydrogen-bond acceptors (Lipinski definition) is 2. The Morgan fingerprint density at radius 2 is 1.92 bits per heavy atom. The summed E-state index contributed by atoms with van der Waals surface area (Å²) in [6.45, 7) is 0. The van der Waals surface area contributed by atoms with E-state index in [2.05, 4.69) is 0 Å². The molecule has 0 atom stereocenters. The van der Waals surface area contributed by atoms with Crippen molar-refractivity contribution < 1.29 is 18.7 Å². The number of phenols is 1. The van der Waals surface area contributed by atoms with E-state index in [9.17, 15) is 13.6 Å². The monoisotopic (exact) mass is 172 g/mol. The van der Waals surface area contributed by atoms with Crippen LogP contribution in [0.15, 0.2) is 24.3 Å². The van der Waals surface area contributed by atoms with Gasteiger partial charge in [0.25, 0.3) is 0 Å². The SMILES string of the molecule is O=CC(F)(F)c1ccccc1O. The third-order valence-corrected chi connectivity index (χ3v) is 1.41. The molecule has 0 heterocycles. The zero-order valence-corrected chi connectivity index (χ0v) is 6.00. The van der Waals surface area contributed by atoms with Crippen molar-refractivity contribution in [2.24, 2.45) is 0 Å². The van der Waals surface area contributed by atoms with E-state index in [0.29, 0.717) is 0 Å². The molecule has 0 aromatic heterocycles. The predicted molar refractivity (Wildman–Crippen MR) is 38.1 cm³/mol. The highest BCUT2D eigenvalue weighted by Crippen LogP contribution is 2.31. The van der Waals surface area contributed by atoms with Gasteiger partial charge < -0.3 is 5.11 Å². The van der Waals surface area contributed by atoms with Crippen molar-refractivity contribution in [1.29, 1.82) is 0 Å². The maximum Gasteiger partial charge on any atom is 0.331 e. The highest BCUT2D eigenvalue weighted by molar-refractivity contribution is 5.65. The molecular weight excluding hydrogens is 166 g/mol. The number of benzene rings is 1. The first-order valence-corrected chi connectivity index (χ1v) is 3.20. The lowest BCUT2D eigenvalue weighted by atomic mass is 10.1. The van der Waals surface area contributed by atoms with Crippen LogP contribution in [-0.4, -0.2) is 11.4 Å². The van der Waals surface area contributed by atoms with E-state index < -0.39 is 23.5 Å². The molecule has 0 spiro atoms. The number of carbonyl (C=O) groups excluding carboxylic acids is 1. The maximum absolute atomic E-state index is 12.6. The molecule has 64 valence electrons. The molecule has 1 aromatic rings. The van der Waals surface area contributed by atoms with Gasteiger partial charge in [-0.3, -0.25) is 4.79 Å². The summed E-state index contributed by atoms with van der Waals surface area (Å²) in [4.78, 5) is 9.92. The molecule has 2 nitrogen and oxygen atoms in total. The molecule has 1 rings (SSSR count). The van der Waals surface area contributed by atoms with E-state index >= 15 is 0 Å². The highest BCUT2D eigenvalue weighted by Gasteiger charge is 2.33. The van der Waals surface area contributed by atoms with Gasteiger partial charge in [0, 0.05) is 0 Å². The van der Waals surface area contributed by atoms with Crippen molar-refractivity contribution in [3.8, 4) is 5.75 Å². The molecule has 0 saturated heterocycles. The largest absolute Gasteiger partial charge is 0.507 e. The lowest BCUT2D eigenvalue weighted by Crippen LogP contribution is -2.14. The molecule has 0 fully saturated rings. The highest BCUT2D eigenvalue weighted by atomic mass is 19.3. The van der Waals surface area contributed by atoms with E-state index in [1.54, 1.807) is 0 Å². The Labute approximate surface area is 67.4 Å². The first-order chi connectivity index (χ1) is 5.58. The van der Waals surface area contributed by atoms with Gasteiger partial charge in [-0.05, 0) is 12.1 Å². The first-order valence-electron chi connectivity index (χ1n) is 3.20. The molecule has 0 bridgehead atoms. The Kier molecular flexibility index (Phi) is 2.08. The van der Waals surface area contributed by atoms with Gasteiger partial charge in [-0.2, -0.15) is 8.78 Å². The number of carbonyl (C=O) groups is 1. The van der Waals surface area contributed by atoms with Gasteiger partial charge in [0.05, 0.1) is 5.56 Å². The summed E-state index contributed by atoms with van der Waals surface area (Å²) in [5.74, 6) is -4.18. The minimum absolute atomic E-state index is 0.498. The Balaban J connectivity index is 3.19. The second kappa shape index (κ2) is 2.89. The molecule has 0 amide bonds. The van der Waals surface area contributed by atoms with Gasteiger partial charge in [-0.1, -0.05) is 12.1 Å². The fourth-order valence-electron chi connectivity index (χ4n) is 0.819. The van der Waals surface area contributed by atoms with E-state index in [1.807, 2.05) is 0 Å². The van der Waals surface area contributed by atoms with Gasteiger partial charge in [-0.15, -0.1) is 0 Å². The fraction of sp³-hybridized carbons (Fsp3) is 0.125. The average molecular weight is 172 g/mol. The molecule has 1 aromatic carbocycles. The summed E-state index contributed by atoms with van der Waals surface area (Å²) in [6.07, 6.45) is -0.498. The van der Waals surface area contributed by atoms with Gasteiger partial charge in [0.1, 0.15) is 5.75 Å². The molecule has 0 radical (unpaired) electrons. The zero-order chi connectivity index (χ0) is 9.19. The second-order valence-corrected chi connectivity index (χ2v) is 2.26. The average Bonchev–Trinajstić information content (AvgIpc) is 2.05. The summed E-state index contributed by atoms with van der Waals surface area (Å²) in [7, 11) is 0. The van der Waals surface area contributed by atoms with Crippen LogP contribution in [0.3, 0.4) is 0 Å². The van der Waals surface area contributed by atoms with Crippen LogP contribution in [0.25, 0.3) is 0 Å². The van der Waals surface area contributed by atoms with Crippen LogP contribution in [0.1, 0.15) is 5.56 Å². The van der Waals surface area contributed by atoms with Crippen LogP contribution in [-0.2, 0) is 10.7 Å². The minimum Gasteiger partial charge on any atom is -0.507 e. The lowest BCUT2D eigenvalue weighted by Gasteiger charge is -2.09. The standard InChI is InChI=1S/C8H6F2O2/c9-8(10,5-11)6-3-1-2-4-7(6)12/h1-5,12H. The number of hydrogen-bond donors (Lipinski definition) is 1. The predicted octanol–water partition coefficient (Wildman–Crippen LogP) is 1.68. The van der Waals surface area contributed by atoms with Gasteiger partial charge >= 0.3 is 5.92 Å². The quantitative estimate of drug-likeness (QED) is 0.689. The van der Waals surface area contributed by atoms with Crippen LogP contribution >= 0.6 is 0 Å². The zero-order valence-electron chi connectivity index (χ0n) is 6.00. The Morgan fingerprint density at radius 1 is 1.33 bits per heavy atom. The Hall–Kier alpha value is -1.45. The molecule has 0 unspecified atom stereocenters. The normalized spacial score (nSPS) is 11.2. The molecular formula is C8H6F2O2. The Morgan fingerprint density at radius 3 is 2.42 bits per heavy atom. The van der Waals surface area contributed by atoms with Crippen molar-refractivity contribution in [1.82, 2.24) is 0 Å². The fourth-order valence-corrected chi connectivity index (χ4v) is 0.819. The van der Waals surface area contributed by atoms with Gasteiger partial charge in [0.15, 0.2) is 6.29 Å². The van der Waals surface area contributed by atoms with Crippen LogP contribution in [0.2, 0.25) is 0 Å². The first kappa shape index (κ1) is 8.64. The molecule has 0 aliphatic carbocycles. The van der Waals surface area contributed by atoms with E-state index in [0.717, 1.165) is 12.1 Å². The summed E-state index contributed by atoms with van der Waals surface area (Å²) < 4.78 is 25.2.